The number of amides is 1. The van der Waals surface area contributed by atoms with E-state index in [1.54, 1.807) is 50.2 Å². The molecule has 5 nitrogen and oxygen atoms in total. The van der Waals surface area contributed by atoms with E-state index in [1.807, 2.05) is 6.07 Å². The van der Waals surface area contributed by atoms with E-state index in [9.17, 15) is 17.6 Å². The summed E-state index contributed by atoms with van der Waals surface area (Å²) in [6.45, 7) is 4.05. The predicted octanol–water partition coefficient (Wildman–Crippen LogP) is 2.96. The summed E-state index contributed by atoms with van der Waals surface area (Å²) in [4.78, 5) is 12.7. The Morgan fingerprint density at radius 3 is 2.59 bits per heavy atom. The smallest absolute Gasteiger partial charge is 0.235 e. The Kier molecular flexibility index (Phi) is 5.24. The van der Waals surface area contributed by atoms with E-state index in [0.29, 0.717) is 24.2 Å². The lowest BCUT2D eigenvalue weighted by molar-refractivity contribution is -0.125. The van der Waals surface area contributed by atoms with Crippen LogP contribution in [0.3, 0.4) is 0 Å². The molecule has 0 bridgehead atoms. The fourth-order valence-corrected chi connectivity index (χ4v) is 4.80. The van der Waals surface area contributed by atoms with Crippen molar-refractivity contribution in [3.63, 3.8) is 0 Å². The van der Waals surface area contributed by atoms with Crippen LogP contribution in [-0.4, -0.2) is 26.6 Å². The number of sulfonamides is 1. The van der Waals surface area contributed by atoms with E-state index in [2.05, 4.69) is 5.32 Å². The third-order valence-corrected chi connectivity index (χ3v) is 6.74. The molecule has 2 aromatic carbocycles. The van der Waals surface area contributed by atoms with Gasteiger partial charge in [0.15, 0.2) is 0 Å². The number of rotatable bonds is 5. The van der Waals surface area contributed by atoms with Gasteiger partial charge in [-0.3, -0.25) is 9.10 Å². The topological polar surface area (TPSA) is 66.5 Å². The first-order valence-corrected chi connectivity index (χ1v) is 10.5. The van der Waals surface area contributed by atoms with Crippen molar-refractivity contribution in [1.29, 1.82) is 0 Å². The SMILES string of the molecule is CC(C)(C(=O)NCc1cccc(N2CCCS2(=O)=O)c1)c1ccccc1F. The summed E-state index contributed by atoms with van der Waals surface area (Å²) >= 11 is 0. The Bertz CT molecular complexity index is 957. The number of benzene rings is 2. The zero-order valence-corrected chi connectivity index (χ0v) is 16.2. The third-order valence-electron chi connectivity index (χ3n) is 4.87. The van der Waals surface area contributed by atoms with Crippen molar-refractivity contribution in [3.8, 4) is 0 Å². The molecule has 2 aromatic rings. The van der Waals surface area contributed by atoms with Gasteiger partial charge in [0.25, 0.3) is 0 Å². The number of anilines is 1. The Morgan fingerprint density at radius 2 is 1.93 bits per heavy atom. The number of nitrogens with one attached hydrogen (secondary N) is 1. The van der Waals surface area contributed by atoms with Crippen LogP contribution >= 0.6 is 0 Å². The maximum Gasteiger partial charge on any atom is 0.235 e. The molecule has 1 heterocycles. The summed E-state index contributed by atoms with van der Waals surface area (Å²) in [5.41, 5.74) is 0.695. The molecular weight excluding hydrogens is 367 g/mol. The lowest BCUT2D eigenvalue weighted by Gasteiger charge is -2.25. The molecule has 0 unspecified atom stereocenters. The molecule has 0 aliphatic carbocycles. The predicted molar refractivity (Wildman–Crippen MR) is 103 cm³/mol. The standard InChI is InChI=1S/C20H23FN2O3S/c1-20(2,17-9-3-4-10-18(17)21)19(24)22-14-15-7-5-8-16(13-15)23-11-6-12-27(23,25)26/h3-5,7-10,13H,6,11-12,14H2,1-2H3,(H,22,24). The highest BCUT2D eigenvalue weighted by molar-refractivity contribution is 7.93. The van der Waals surface area contributed by atoms with E-state index >= 15 is 0 Å². The molecule has 1 aliphatic rings. The average Bonchev–Trinajstić information content (AvgIpc) is 2.99. The molecule has 0 saturated carbocycles. The van der Waals surface area contributed by atoms with E-state index in [-0.39, 0.29) is 18.2 Å². The van der Waals surface area contributed by atoms with Gasteiger partial charge < -0.3 is 5.32 Å². The Hall–Kier alpha value is -2.41. The summed E-state index contributed by atoms with van der Waals surface area (Å²) in [5, 5.41) is 2.83. The summed E-state index contributed by atoms with van der Waals surface area (Å²) < 4.78 is 39.6. The first kappa shape index (κ1) is 19.4. The molecule has 0 radical (unpaired) electrons. The molecule has 0 aromatic heterocycles. The van der Waals surface area contributed by atoms with Crippen LogP contribution in [0.5, 0.6) is 0 Å². The van der Waals surface area contributed by atoms with Gasteiger partial charge in [-0.2, -0.15) is 0 Å². The van der Waals surface area contributed by atoms with Crippen LogP contribution in [0.2, 0.25) is 0 Å². The average molecular weight is 390 g/mol. The highest BCUT2D eigenvalue weighted by Crippen LogP contribution is 2.27. The molecule has 1 aliphatic heterocycles. The highest BCUT2D eigenvalue weighted by atomic mass is 32.2. The van der Waals surface area contributed by atoms with E-state index in [0.717, 1.165) is 5.56 Å². The van der Waals surface area contributed by atoms with Crippen molar-refractivity contribution in [2.75, 3.05) is 16.6 Å². The molecule has 0 atom stereocenters. The van der Waals surface area contributed by atoms with Crippen molar-refractivity contribution in [2.45, 2.75) is 32.2 Å². The molecule has 1 saturated heterocycles. The maximum absolute atomic E-state index is 14.1. The van der Waals surface area contributed by atoms with Crippen LogP contribution in [0.4, 0.5) is 10.1 Å². The minimum Gasteiger partial charge on any atom is -0.351 e. The minimum absolute atomic E-state index is 0.158. The molecule has 0 spiro atoms. The molecule has 1 N–H and O–H groups in total. The lowest BCUT2D eigenvalue weighted by atomic mass is 9.83. The highest BCUT2D eigenvalue weighted by Gasteiger charge is 2.32. The van der Waals surface area contributed by atoms with Gasteiger partial charge in [-0.25, -0.2) is 12.8 Å². The van der Waals surface area contributed by atoms with Crippen molar-refractivity contribution in [1.82, 2.24) is 5.32 Å². The second-order valence-corrected chi connectivity index (χ2v) is 9.21. The van der Waals surface area contributed by atoms with Gasteiger partial charge >= 0.3 is 0 Å². The Morgan fingerprint density at radius 1 is 1.19 bits per heavy atom. The fraction of sp³-hybridized carbons (Fsp3) is 0.350. The zero-order chi connectivity index (χ0) is 19.7. The molecule has 1 amide bonds. The van der Waals surface area contributed by atoms with E-state index in [1.165, 1.54) is 10.4 Å². The zero-order valence-electron chi connectivity index (χ0n) is 15.4. The molecule has 27 heavy (non-hydrogen) atoms. The second-order valence-electron chi connectivity index (χ2n) is 7.20. The Labute approximate surface area is 159 Å². The van der Waals surface area contributed by atoms with Gasteiger partial charge in [0.2, 0.25) is 15.9 Å². The van der Waals surface area contributed by atoms with Gasteiger partial charge in [0, 0.05) is 18.7 Å². The van der Waals surface area contributed by atoms with E-state index in [4.69, 9.17) is 0 Å². The van der Waals surface area contributed by atoms with Crippen LogP contribution in [0.1, 0.15) is 31.4 Å². The van der Waals surface area contributed by atoms with Gasteiger partial charge in [-0.15, -0.1) is 0 Å². The second kappa shape index (κ2) is 7.31. The van der Waals surface area contributed by atoms with Crippen LogP contribution in [0.25, 0.3) is 0 Å². The largest absolute Gasteiger partial charge is 0.351 e. The number of nitrogens with zero attached hydrogens (tertiary/aromatic N) is 1. The molecule has 1 fully saturated rings. The number of hydrogen-bond donors (Lipinski definition) is 1. The lowest BCUT2D eigenvalue weighted by Crippen LogP contribution is -2.40. The van der Waals surface area contributed by atoms with Crippen LogP contribution in [0.15, 0.2) is 48.5 Å². The van der Waals surface area contributed by atoms with Crippen molar-refractivity contribution in [2.24, 2.45) is 0 Å². The third kappa shape index (κ3) is 3.98. The minimum atomic E-state index is -3.25. The van der Waals surface area contributed by atoms with Gasteiger partial charge in [0.1, 0.15) is 5.82 Å². The normalized spacial score (nSPS) is 16.3. The van der Waals surface area contributed by atoms with Crippen LogP contribution in [0, 0.1) is 5.82 Å². The maximum atomic E-state index is 14.1. The molecular formula is C20H23FN2O3S. The molecule has 144 valence electrons. The van der Waals surface area contributed by atoms with Crippen LogP contribution < -0.4 is 9.62 Å². The van der Waals surface area contributed by atoms with Crippen molar-refractivity contribution in [3.05, 3.63) is 65.5 Å². The van der Waals surface area contributed by atoms with Gasteiger partial charge in [0.05, 0.1) is 16.9 Å². The number of carbonyl (C=O) groups is 1. The summed E-state index contributed by atoms with van der Waals surface area (Å²) in [6, 6.07) is 13.3. The quantitative estimate of drug-likeness (QED) is 0.854. The first-order chi connectivity index (χ1) is 12.7. The summed E-state index contributed by atoms with van der Waals surface area (Å²) in [5.74, 6) is -0.559. The van der Waals surface area contributed by atoms with Crippen molar-refractivity contribution < 1.29 is 17.6 Å². The van der Waals surface area contributed by atoms with E-state index < -0.39 is 21.3 Å². The fourth-order valence-electron chi connectivity index (χ4n) is 3.24. The van der Waals surface area contributed by atoms with Gasteiger partial charge in [-0.1, -0.05) is 30.3 Å². The van der Waals surface area contributed by atoms with Crippen molar-refractivity contribution >= 4 is 21.6 Å². The first-order valence-electron chi connectivity index (χ1n) is 8.84. The monoisotopic (exact) mass is 390 g/mol. The number of hydrogen-bond acceptors (Lipinski definition) is 3. The molecule has 7 heteroatoms. The summed E-state index contributed by atoms with van der Waals surface area (Å²) in [7, 11) is -3.25. The summed E-state index contributed by atoms with van der Waals surface area (Å²) in [6.07, 6.45) is 0.611. The van der Waals surface area contributed by atoms with Crippen LogP contribution in [-0.2, 0) is 26.8 Å². The molecule has 3 rings (SSSR count). The Balaban J connectivity index is 1.73. The van der Waals surface area contributed by atoms with Gasteiger partial charge in [-0.05, 0) is 44.0 Å². The number of halogens is 1. The number of carbonyl (C=O) groups excluding carboxylic acids is 1.